The largest absolute Gasteiger partial charge is 0.340 e. The zero-order valence-electron chi connectivity index (χ0n) is 13.0. The Hall–Kier alpha value is -1.59. The fourth-order valence-electron chi connectivity index (χ4n) is 2.56. The molecule has 0 fully saturated rings. The van der Waals surface area contributed by atoms with Crippen molar-refractivity contribution in [2.75, 3.05) is 0 Å². The van der Waals surface area contributed by atoms with E-state index in [-0.39, 0.29) is 0 Å². The third-order valence-electron chi connectivity index (χ3n) is 3.80. The summed E-state index contributed by atoms with van der Waals surface area (Å²) in [6.45, 7) is 0. The molecular formula is C16H18O7P2. The molecule has 0 saturated carbocycles. The number of ketones is 1. The molecule has 0 aliphatic carbocycles. The Labute approximate surface area is 144 Å². The summed E-state index contributed by atoms with van der Waals surface area (Å²) >= 11 is 0. The van der Waals surface area contributed by atoms with Gasteiger partial charge in [-0.2, -0.15) is 0 Å². The van der Waals surface area contributed by atoms with Crippen LogP contribution in [0.2, 0.25) is 0 Å². The summed E-state index contributed by atoms with van der Waals surface area (Å²) in [5.41, 5.74) is 0.731. The van der Waals surface area contributed by atoms with Crippen LogP contribution in [0.25, 0.3) is 0 Å². The van der Waals surface area contributed by atoms with Crippen molar-refractivity contribution in [1.29, 1.82) is 0 Å². The quantitative estimate of drug-likeness (QED) is 0.426. The summed E-state index contributed by atoms with van der Waals surface area (Å²) in [6, 6.07) is 16.2. The van der Waals surface area contributed by atoms with Crippen molar-refractivity contribution in [3.63, 3.8) is 0 Å². The standard InChI is InChI=1S/C16H18O7P2/c17-16(13-9-5-2-6-10-13)14(12-7-3-1-4-8-12)11-15(24(18,19)20)25(21,22)23/h1-10,14-15H,11H2,(H2,18,19,20)(H2,21,22,23). The van der Waals surface area contributed by atoms with Crippen LogP contribution in [0.1, 0.15) is 28.3 Å². The lowest BCUT2D eigenvalue weighted by molar-refractivity contribution is 0.0956. The Morgan fingerprint density at radius 3 is 1.68 bits per heavy atom. The highest BCUT2D eigenvalue weighted by molar-refractivity contribution is 7.70. The van der Waals surface area contributed by atoms with Crippen molar-refractivity contribution in [2.45, 2.75) is 17.7 Å². The normalized spacial score (nSPS) is 13.6. The fraction of sp³-hybridized carbons (Fsp3) is 0.188. The Kier molecular flexibility index (Phi) is 6.12. The summed E-state index contributed by atoms with van der Waals surface area (Å²) < 4.78 is 23.2. The lowest BCUT2D eigenvalue weighted by Crippen LogP contribution is -2.20. The van der Waals surface area contributed by atoms with E-state index in [1.165, 1.54) is 0 Å². The van der Waals surface area contributed by atoms with E-state index in [4.69, 9.17) is 0 Å². The van der Waals surface area contributed by atoms with E-state index in [2.05, 4.69) is 0 Å². The maximum atomic E-state index is 12.8. The fourth-order valence-corrected chi connectivity index (χ4v) is 5.10. The second-order valence-corrected chi connectivity index (χ2v) is 9.60. The minimum atomic E-state index is -5.12. The first-order valence-corrected chi connectivity index (χ1v) is 10.7. The van der Waals surface area contributed by atoms with Crippen LogP contribution < -0.4 is 0 Å². The predicted molar refractivity (Wildman–Crippen MR) is 92.4 cm³/mol. The van der Waals surface area contributed by atoms with Crippen LogP contribution in [0.4, 0.5) is 0 Å². The Balaban J connectivity index is 2.47. The number of hydrogen-bond donors (Lipinski definition) is 4. The highest BCUT2D eigenvalue weighted by Gasteiger charge is 2.45. The molecule has 0 radical (unpaired) electrons. The van der Waals surface area contributed by atoms with Crippen LogP contribution in [-0.4, -0.2) is 30.8 Å². The van der Waals surface area contributed by atoms with Gasteiger partial charge in [0.05, 0.1) is 0 Å². The molecule has 2 aromatic carbocycles. The number of carbonyl (C=O) groups excluding carboxylic acids is 1. The van der Waals surface area contributed by atoms with Gasteiger partial charge in [-0.15, -0.1) is 0 Å². The van der Waals surface area contributed by atoms with Gasteiger partial charge in [0.25, 0.3) is 0 Å². The summed E-state index contributed by atoms with van der Waals surface area (Å²) in [5.74, 6) is -1.55. The zero-order chi connectivity index (χ0) is 18.7. The maximum Gasteiger partial charge on any atom is 0.340 e. The minimum Gasteiger partial charge on any atom is -0.324 e. The smallest absolute Gasteiger partial charge is 0.324 e. The van der Waals surface area contributed by atoms with Crippen molar-refractivity contribution in [3.05, 3.63) is 71.8 Å². The topological polar surface area (TPSA) is 132 Å². The van der Waals surface area contributed by atoms with Crippen molar-refractivity contribution in [2.24, 2.45) is 0 Å². The van der Waals surface area contributed by atoms with Crippen molar-refractivity contribution in [3.8, 4) is 0 Å². The lowest BCUT2D eigenvalue weighted by Gasteiger charge is -2.24. The molecule has 1 unspecified atom stereocenters. The van der Waals surface area contributed by atoms with Gasteiger partial charge < -0.3 is 19.6 Å². The van der Waals surface area contributed by atoms with Gasteiger partial charge in [0.2, 0.25) is 0 Å². The molecule has 0 aliphatic rings. The SMILES string of the molecule is O=C(c1ccccc1)C(CC(P(=O)(O)O)P(=O)(O)O)c1ccccc1. The molecule has 2 rings (SSSR count). The number of hydrogen-bond acceptors (Lipinski definition) is 3. The molecule has 7 nitrogen and oxygen atoms in total. The first-order chi connectivity index (χ1) is 11.6. The third kappa shape index (κ3) is 5.19. The monoisotopic (exact) mass is 384 g/mol. The average Bonchev–Trinajstić information content (AvgIpc) is 2.54. The molecule has 0 aliphatic heterocycles. The summed E-state index contributed by atoms with van der Waals surface area (Å²) in [4.78, 5) is 50.3. The molecule has 0 aromatic heterocycles. The molecule has 0 spiro atoms. The van der Waals surface area contributed by atoms with Gasteiger partial charge in [-0.3, -0.25) is 13.9 Å². The van der Waals surface area contributed by atoms with E-state index >= 15 is 0 Å². The molecule has 0 heterocycles. The highest BCUT2D eigenvalue weighted by atomic mass is 31.2. The van der Waals surface area contributed by atoms with Gasteiger partial charge in [0, 0.05) is 11.5 Å². The second kappa shape index (κ2) is 7.75. The highest BCUT2D eigenvalue weighted by Crippen LogP contribution is 2.62. The van der Waals surface area contributed by atoms with Crippen LogP contribution in [0.15, 0.2) is 60.7 Å². The van der Waals surface area contributed by atoms with Gasteiger partial charge in [0.15, 0.2) is 11.2 Å². The molecule has 9 heteroatoms. The summed E-state index contributed by atoms with van der Waals surface area (Å²) in [7, 11) is -10.2. The van der Waals surface area contributed by atoms with Gasteiger partial charge in [-0.25, -0.2) is 0 Å². The van der Waals surface area contributed by atoms with E-state index in [1.807, 2.05) is 0 Å². The van der Waals surface area contributed by atoms with Crippen LogP contribution in [0, 0.1) is 0 Å². The molecule has 25 heavy (non-hydrogen) atoms. The number of rotatable bonds is 7. The molecule has 0 saturated heterocycles. The van der Waals surface area contributed by atoms with E-state index in [0.717, 1.165) is 0 Å². The molecule has 4 N–H and O–H groups in total. The lowest BCUT2D eigenvalue weighted by atomic mass is 9.88. The van der Waals surface area contributed by atoms with Gasteiger partial charge in [0.1, 0.15) is 0 Å². The molecule has 134 valence electrons. The van der Waals surface area contributed by atoms with Gasteiger partial charge >= 0.3 is 15.2 Å². The van der Waals surface area contributed by atoms with Gasteiger partial charge in [-0.05, 0) is 12.0 Å². The Morgan fingerprint density at radius 1 is 0.800 bits per heavy atom. The van der Waals surface area contributed by atoms with E-state index < -0.39 is 38.7 Å². The second-order valence-electron chi connectivity index (χ2n) is 5.59. The first kappa shape index (κ1) is 19.7. The molecule has 1 atom stereocenters. The zero-order valence-corrected chi connectivity index (χ0v) is 14.8. The van der Waals surface area contributed by atoms with Crippen molar-refractivity contribution < 1.29 is 33.5 Å². The molecule has 2 aromatic rings. The van der Waals surface area contributed by atoms with Crippen LogP contribution in [0.5, 0.6) is 0 Å². The number of benzene rings is 2. The Morgan fingerprint density at radius 2 is 1.24 bits per heavy atom. The first-order valence-electron chi connectivity index (χ1n) is 7.35. The summed E-state index contributed by atoms with van der Waals surface area (Å²) in [6.07, 6.45) is -0.660. The third-order valence-corrected chi connectivity index (χ3v) is 7.58. The predicted octanol–water partition coefficient (Wildman–Crippen LogP) is 2.72. The van der Waals surface area contributed by atoms with Gasteiger partial charge in [-0.1, -0.05) is 60.7 Å². The van der Waals surface area contributed by atoms with Crippen molar-refractivity contribution >= 4 is 21.0 Å². The number of carbonyl (C=O) groups is 1. The minimum absolute atomic E-state index is 0.298. The summed E-state index contributed by atoms with van der Waals surface area (Å²) in [5, 5.41) is -2.24. The molecular weight excluding hydrogens is 366 g/mol. The Bertz CT molecular complexity index is 789. The van der Waals surface area contributed by atoms with E-state index in [0.29, 0.717) is 11.1 Å². The van der Waals surface area contributed by atoms with E-state index in [9.17, 15) is 33.5 Å². The molecule has 0 amide bonds. The maximum absolute atomic E-state index is 12.8. The van der Waals surface area contributed by atoms with Crippen LogP contribution in [0.3, 0.4) is 0 Å². The van der Waals surface area contributed by atoms with Crippen LogP contribution >= 0.6 is 15.2 Å². The van der Waals surface area contributed by atoms with Crippen molar-refractivity contribution in [1.82, 2.24) is 0 Å². The van der Waals surface area contributed by atoms with Crippen LogP contribution in [-0.2, 0) is 9.13 Å². The van der Waals surface area contributed by atoms with E-state index in [1.54, 1.807) is 60.7 Å². The number of Topliss-reactive ketones (excluding diaryl/α,β-unsaturated/α-hetero) is 1. The average molecular weight is 384 g/mol. The molecule has 0 bridgehead atoms.